The summed E-state index contributed by atoms with van der Waals surface area (Å²) in [4.78, 5) is 10.6. The summed E-state index contributed by atoms with van der Waals surface area (Å²) >= 11 is 0. The number of nitrogens with one attached hydrogen (secondary N) is 2. The van der Waals surface area contributed by atoms with Gasteiger partial charge in [-0.15, -0.1) is 5.10 Å². The van der Waals surface area contributed by atoms with Gasteiger partial charge in [-0.05, 0) is 0 Å². The average molecular weight is 171 g/mol. The van der Waals surface area contributed by atoms with Gasteiger partial charge in [0.1, 0.15) is 6.04 Å². The Hall–Kier alpha value is -1.14. The zero-order valence-electron chi connectivity index (χ0n) is 6.37. The lowest BCUT2D eigenvalue weighted by atomic mass is 10.3. The number of nitrogens with zero attached hydrogens (tertiary/aromatic N) is 1. The Morgan fingerprint density at radius 1 is 1.58 bits per heavy atom. The molecule has 1 aromatic heterocycles. The van der Waals surface area contributed by atoms with Crippen LogP contribution < -0.4 is 11.1 Å². The van der Waals surface area contributed by atoms with Gasteiger partial charge in [0, 0.05) is 6.54 Å². The SMILES string of the molecule is O=c1[nH]nc(C2COCCN2)o1. The van der Waals surface area contributed by atoms with E-state index in [2.05, 4.69) is 15.5 Å². The molecule has 2 rings (SSSR count). The van der Waals surface area contributed by atoms with Crippen LogP contribution in [0.2, 0.25) is 0 Å². The first kappa shape index (κ1) is 7.51. The van der Waals surface area contributed by atoms with E-state index >= 15 is 0 Å². The molecule has 0 aromatic carbocycles. The summed E-state index contributed by atoms with van der Waals surface area (Å²) in [5, 5.41) is 9.00. The fraction of sp³-hybridized carbons (Fsp3) is 0.667. The Kier molecular flexibility index (Phi) is 1.92. The first-order chi connectivity index (χ1) is 5.86. The van der Waals surface area contributed by atoms with Gasteiger partial charge in [-0.1, -0.05) is 0 Å². The lowest BCUT2D eigenvalue weighted by molar-refractivity contribution is 0.0677. The third kappa shape index (κ3) is 1.39. The maximum absolute atomic E-state index is 10.6. The van der Waals surface area contributed by atoms with E-state index in [1.807, 2.05) is 0 Å². The van der Waals surface area contributed by atoms with Crippen molar-refractivity contribution in [3.8, 4) is 0 Å². The molecule has 1 aliphatic rings. The van der Waals surface area contributed by atoms with Crippen LogP contribution in [0.1, 0.15) is 11.9 Å². The van der Waals surface area contributed by atoms with Crippen LogP contribution in [0, 0.1) is 0 Å². The van der Waals surface area contributed by atoms with Gasteiger partial charge in [0.15, 0.2) is 0 Å². The van der Waals surface area contributed by atoms with E-state index in [9.17, 15) is 4.79 Å². The van der Waals surface area contributed by atoms with Crippen LogP contribution in [-0.2, 0) is 4.74 Å². The van der Waals surface area contributed by atoms with E-state index in [-0.39, 0.29) is 6.04 Å². The van der Waals surface area contributed by atoms with Crippen LogP contribution in [-0.4, -0.2) is 30.0 Å². The first-order valence-corrected chi connectivity index (χ1v) is 3.73. The molecule has 6 heteroatoms. The first-order valence-electron chi connectivity index (χ1n) is 3.73. The highest BCUT2D eigenvalue weighted by Gasteiger charge is 2.19. The number of aromatic amines is 1. The number of hydrogen-bond donors (Lipinski definition) is 2. The third-order valence-corrected chi connectivity index (χ3v) is 1.67. The second kappa shape index (κ2) is 3.08. The third-order valence-electron chi connectivity index (χ3n) is 1.67. The summed E-state index contributed by atoms with van der Waals surface area (Å²) in [7, 11) is 0. The number of rotatable bonds is 1. The summed E-state index contributed by atoms with van der Waals surface area (Å²) in [5.41, 5.74) is 0. The van der Waals surface area contributed by atoms with E-state index in [4.69, 9.17) is 9.15 Å². The quantitative estimate of drug-likeness (QED) is 0.568. The molecule has 12 heavy (non-hydrogen) atoms. The van der Waals surface area contributed by atoms with Crippen molar-refractivity contribution in [1.82, 2.24) is 15.5 Å². The van der Waals surface area contributed by atoms with Gasteiger partial charge in [0.2, 0.25) is 5.89 Å². The standard InChI is InChI=1S/C6H9N3O3/c10-6-9-8-5(12-6)4-3-11-2-1-7-4/h4,7H,1-3H2,(H,9,10). The summed E-state index contributed by atoms with van der Waals surface area (Å²) in [6, 6.07) is -0.0994. The minimum absolute atomic E-state index is 0.0994. The van der Waals surface area contributed by atoms with Crippen LogP contribution in [0.5, 0.6) is 0 Å². The molecule has 0 aliphatic carbocycles. The fourth-order valence-electron chi connectivity index (χ4n) is 1.11. The van der Waals surface area contributed by atoms with Crippen LogP contribution in [0.4, 0.5) is 0 Å². The highest BCUT2D eigenvalue weighted by Crippen LogP contribution is 2.09. The molecule has 0 spiro atoms. The second-order valence-corrected chi connectivity index (χ2v) is 2.53. The Balaban J connectivity index is 2.13. The number of hydrogen-bond acceptors (Lipinski definition) is 5. The van der Waals surface area contributed by atoms with Crippen molar-refractivity contribution in [2.75, 3.05) is 19.8 Å². The van der Waals surface area contributed by atoms with Gasteiger partial charge < -0.3 is 14.5 Å². The molecule has 0 bridgehead atoms. The summed E-state index contributed by atoms with van der Waals surface area (Å²) < 4.78 is 9.93. The van der Waals surface area contributed by atoms with Crippen molar-refractivity contribution < 1.29 is 9.15 Å². The van der Waals surface area contributed by atoms with E-state index in [1.165, 1.54) is 0 Å². The molecule has 1 saturated heterocycles. The Labute approximate surface area is 67.9 Å². The highest BCUT2D eigenvalue weighted by molar-refractivity contribution is 4.87. The monoisotopic (exact) mass is 171 g/mol. The maximum Gasteiger partial charge on any atom is 0.434 e. The van der Waals surface area contributed by atoms with Gasteiger partial charge >= 0.3 is 5.76 Å². The summed E-state index contributed by atoms with van der Waals surface area (Å²) in [6.45, 7) is 1.93. The zero-order chi connectivity index (χ0) is 8.39. The lowest BCUT2D eigenvalue weighted by Gasteiger charge is -2.20. The number of aromatic nitrogens is 2. The van der Waals surface area contributed by atoms with Crippen LogP contribution in [0.3, 0.4) is 0 Å². The van der Waals surface area contributed by atoms with Gasteiger partial charge in [-0.3, -0.25) is 0 Å². The van der Waals surface area contributed by atoms with E-state index in [0.717, 1.165) is 6.54 Å². The van der Waals surface area contributed by atoms with Crippen molar-refractivity contribution in [3.63, 3.8) is 0 Å². The average Bonchev–Trinajstić information content (AvgIpc) is 2.54. The zero-order valence-corrected chi connectivity index (χ0v) is 6.37. The summed E-state index contributed by atoms with van der Waals surface area (Å²) in [6.07, 6.45) is 0. The van der Waals surface area contributed by atoms with Crippen molar-refractivity contribution in [1.29, 1.82) is 0 Å². The molecule has 0 amide bonds. The largest absolute Gasteiger partial charge is 0.434 e. The van der Waals surface area contributed by atoms with E-state index in [1.54, 1.807) is 0 Å². The molecule has 1 atom stereocenters. The van der Waals surface area contributed by atoms with Gasteiger partial charge in [-0.2, -0.15) is 0 Å². The molecule has 6 nitrogen and oxygen atoms in total. The molecule has 66 valence electrons. The molecule has 2 heterocycles. The molecule has 1 aliphatic heterocycles. The molecular weight excluding hydrogens is 162 g/mol. The van der Waals surface area contributed by atoms with Crippen molar-refractivity contribution in [3.05, 3.63) is 16.4 Å². The predicted octanol–water partition coefficient (Wildman–Crippen LogP) is -0.976. The van der Waals surface area contributed by atoms with Crippen LogP contribution >= 0.6 is 0 Å². The Morgan fingerprint density at radius 3 is 3.08 bits per heavy atom. The lowest BCUT2D eigenvalue weighted by Crippen LogP contribution is -2.34. The van der Waals surface area contributed by atoms with E-state index in [0.29, 0.717) is 19.1 Å². The topological polar surface area (TPSA) is 80.2 Å². The molecular formula is C6H9N3O3. The molecule has 0 radical (unpaired) electrons. The van der Waals surface area contributed by atoms with Gasteiger partial charge in [0.25, 0.3) is 0 Å². The molecule has 1 unspecified atom stereocenters. The van der Waals surface area contributed by atoms with Gasteiger partial charge in [-0.25, -0.2) is 9.89 Å². The van der Waals surface area contributed by atoms with Crippen molar-refractivity contribution in [2.45, 2.75) is 6.04 Å². The van der Waals surface area contributed by atoms with Crippen LogP contribution in [0.25, 0.3) is 0 Å². The van der Waals surface area contributed by atoms with Crippen molar-refractivity contribution >= 4 is 0 Å². The minimum atomic E-state index is -0.530. The molecule has 2 N–H and O–H groups in total. The number of H-pyrrole nitrogens is 1. The molecule has 1 fully saturated rings. The van der Waals surface area contributed by atoms with Crippen molar-refractivity contribution in [2.24, 2.45) is 0 Å². The second-order valence-electron chi connectivity index (χ2n) is 2.53. The fourth-order valence-corrected chi connectivity index (χ4v) is 1.11. The normalized spacial score (nSPS) is 24.2. The smallest absolute Gasteiger partial charge is 0.391 e. The predicted molar refractivity (Wildman–Crippen MR) is 38.7 cm³/mol. The Bertz CT molecular complexity index is 299. The van der Waals surface area contributed by atoms with E-state index < -0.39 is 5.76 Å². The maximum atomic E-state index is 10.6. The van der Waals surface area contributed by atoms with Gasteiger partial charge in [0.05, 0.1) is 13.2 Å². The minimum Gasteiger partial charge on any atom is -0.391 e. The van der Waals surface area contributed by atoms with Crippen LogP contribution in [0.15, 0.2) is 9.21 Å². The Morgan fingerprint density at radius 2 is 2.50 bits per heavy atom. The highest BCUT2D eigenvalue weighted by atomic mass is 16.5. The number of ether oxygens (including phenoxy) is 1. The summed E-state index contributed by atoms with van der Waals surface area (Å²) in [5.74, 6) is -0.169. The molecule has 1 aromatic rings. The number of morpholine rings is 1. The molecule has 0 saturated carbocycles.